The maximum absolute atomic E-state index is 12.2. The Morgan fingerprint density at radius 3 is 2.87 bits per heavy atom. The van der Waals surface area contributed by atoms with Crippen LogP contribution in [0.4, 0.5) is 0 Å². The number of aromatic nitrogens is 3. The minimum Gasteiger partial charge on any atom is -0.459 e. The zero-order chi connectivity index (χ0) is 16.4. The van der Waals surface area contributed by atoms with Crippen LogP contribution >= 0.6 is 0 Å². The van der Waals surface area contributed by atoms with Gasteiger partial charge in [-0.1, -0.05) is 19.0 Å². The van der Waals surface area contributed by atoms with Gasteiger partial charge in [0.2, 0.25) is 0 Å². The van der Waals surface area contributed by atoms with Crippen molar-refractivity contribution >= 4 is 5.97 Å². The van der Waals surface area contributed by atoms with Crippen molar-refractivity contribution in [2.24, 2.45) is 0 Å². The van der Waals surface area contributed by atoms with Crippen LogP contribution in [0.5, 0.6) is 0 Å². The minimum absolute atomic E-state index is 0.0210. The van der Waals surface area contributed by atoms with E-state index in [1.807, 2.05) is 13.8 Å². The van der Waals surface area contributed by atoms with Gasteiger partial charge in [0.25, 0.3) is 11.8 Å². The Kier molecular flexibility index (Phi) is 3.96. The van der Waals surface area contributed by atoms with Crippen LogP contribution in [-0.4, -0.2) is 21.3 Å². The number of furan rings is 1. The van der Waals surface area contributed by atoms with Crippen LogP contribution in [-0.2, 0) is 11.3 Å². The summed E-state index contributed by atoms with van der Waals surface area (Å²) in [7, 11) is 0. The van der Waals surface area contributed by atoms with Gasteiger partial charge in [0.1, 0.15) is 5.56 Å². The number of nitrogens with zero attached hydrogens (tertiary/aromatic N) is 3. The van der Waals surface area contributed by atoms with E-state index in [4.69, 9.17) is 18.1 Å². The van der Waals surface area contributed by atoms with Crippen molar-refractivity contribution in [1.29, 1.82) is 0 Å². The second kappa shape index (κ2) is 6.07. The van der Waals surface area contributed by atoms with Crippen LogP contribution < -0.4 is 0 Å². The molecule has 3 aromatic heterocycles. The first-order valence-electron chi connectivity index (χ1n) is 7.05. The maximum atomic E-state index is 12.2. The predicted molar refractivity (Wildman–Crippen MR) is 76.4 cm³/mol. The first-order valence-corrected chi connectivity index (χ1v) is 7.05. The fourth-order valence-electron chi connectivity index (χ4n) is 2.04. The molecule has 3 aromatic rings. The Hall–Kier alpha value is -2.90. The number of ether oxygens (including phenoxy) is 1. The molecule has 23 heavy (non-hydrogen) atoms. The summed E-state index contributed by atoms with van der Waals surface area (Å²) in [6, 6.07) is 3.40. The van der Waals surface area contributed by atoms with Gasteiger partial charge in [-0.3, -0.25) is 0 Å². The van der Waals surface area contributed by atoms with Crippen molar-refractivity contribution in [2.45, 2.75) is 33.3 Å². The SMILES string of the molecule is Cc1noc(C(C)C)c1C(=O)OCc1nnc(-c2ccco2)o1. The summed E-state index contributed by atoms with van der Waals surface area (Å²) in [4.78, 5) is 12.2. The van der Waals surface area contributed by atoms with E-state index in [2.05, 4.69) is 15.4 Å². The lowest BCUT2D eigenvalue weighted by molar-refractivity contribution is 0.0434. The lowest BCUT2D eigenvalue weighted by atomic mass is 10.1. The summed E-state index contributed by atoms with van der Waals surface area (Å²) in [6.07, 6.45) is 1.50. The molecule has 0 saturated carbocycles. The number of hydrogen-bond acceptors (Lipinski definition) is 8. The molecule has 0 spiro atoms. The van der Waals surface area contributed by atoms with Gasteiger partial charge in [0, 0.05) is 5.92 Å². The third-order valence-electron chi connectivity index (χ3n) is 3.14. The molecule has 0 N–H and O–H groups in total. The van der Waals surface area contributed by atoms with Gasteiger partial charge in [-0.15, -0.1) is 10.2 Å². The average Bonchev–Trinajstić information content (AvgIpc) is 3.24. The molecule has 0 saturated heterocycles. The molecule has 0 fully saturated rings. The third kappa shape index (κ3) is 3.01. The van der Waals surface area contributed by atoms with E-state index >= 15 is 0 Å². The van der Waals surface area contributed by atoms with Crippen molar-refractivity contribution in [3.8, 4) is 11.7 Å². The monoisotopic (exact) mass is 317 g/mol. The lowest BCUT2D eigenvalue weighted by Gasteiger charge is -2.04. The standard InChI is InChI=1S/C15H15N3O5/c1-8(2)13-12(9(3)18-23-13)15(19)21-7-11-16-17-14(22-11)10-5-4-6-20-10/h4-6,8H,7H2,1-3H3. The first-order chi connectivity index (χ1) is 11.1. The molecule has 0 atom stereocenters. The van der Waals surface area contributed by atoms with E-state index in [1.165, 1.54) is 6.26 Å². The van der Waals surface area contributed by atoms with Crippen molar-refractivity contribution < 1.29 is 22.9 Å². The number of rotatable bonds is 5. The molecule has 0 unspecified atom stereocenters. The van der Waals surface area contributed by atoms with Crippen molar-refractivity contribution in [3.05, 3.63) is 41.3 Å². The molecule has 3 rings (SSSR count). The predicted octanol–water partition coefficient (Wildman–Crippen LogP) is 3.11. The van der Waals surface area contributed by atoms with Gasteiger partial charge >= 0.3 is 5.97 Å². The van der Waals surface area contributed by atoms with E-state index in [0.29, 0.717) is 22.8 Å². The number of carbonyl (C=O) groups is 1. The van der Waals surface area contributed by atoms with E-state index in [0.717, 1.165) is 0 Å². The number of hydrogen-bond donors (Lipinski definition) is 0. The maximum Gasteiger partial charge on any atom is 0.344 e. The van der Waals surface area contributed by atoms with Crippen LogP contribution in [0.1, 0.15) is 47.5 Å². The van der Waals surface area contributed by atoms with Crippen LogP contribution in [0.3, 0.4) is 0 Å². The van der Waals surface area contributed by atoms with Gasteiger partial charge in [-0.2, -0.15) is 0 Å². The first kappa shape index (κ1) is 15.0. The highest BCUT2D eigenvalue weighted by Crippen LogP contribution is 2.23. The summed E-state index contributed by atoms with van der Waals surface area (Å²) >= 11 is 0. The van der Waals surface area contributed by atoms with Crippen molar-refractivity contribution in [1.82, 2.24) is 15.4 Å². The zero-order valence-corrected chi connectivity index (χ0v) is 12.9. The van der Waals surface area contributed by atoms with E-state index in [1.54, 1.807) is 19.1 Å². The molecule has 0 amide bonds. The molecule has 8 nitrogen and oxygen atoms in total. The minimum atomic E-state index is -0.537. The summed E-state index contributed by atoms with van der Waals surface area (Å²) in [5.74, 6) is 0.828. The van der Waals surface area contributed by atoms with E-state index < -0.39 is 5.97 Å². The summed E-state index contributed by atoms with van der Waals surface area (Å²) in [5, 5.41) is 11.5. The molecule has 0 aliphatic rings. The molecule has 0 radical (unpaired) electrons. The molecule has 8 heteroatoms. The smallest absolute Gasteiger partial charge is 0.344 e. The highest BCUT2D eigenvalue weighted by Gasteiger charge is 2.24. The van der Waals surface area contributed by atoms with Crippen LogP contribution in [0, 0.1) is 6.92 Å². The topological polar surface area (TPSA) is 104 Å². The van der Waals surface area contributed by atoms with Crippen LogP contribution in [0.15, 0.2) is 31.8 Å². The second-order valence-electron chi connectivity index (χ2n) is 5.22. The molecule has 3 heterocycles. The number of esters is 1. The van der Waals surface area contributed by atoms with Crippen molar-refractivity contribution in [3.63, 3.8) is 0 Å². The highest BCUT2D eigenvalue weighted by molar-refractivity contribution is 5.91. The quantitative estimate of drug-likeness (QED) is 0.661. The lowest BCUT2D eigenvalue weighted by Crippen LogP contribution is -2.09. The molecular weight excluding hydrogens is 302 g/mol. The van der Waals surface area contributed by atoms with Gasteiger partial charge < -0.3 is 18.1 Å². The Labute approximate surface area is 131 Å². The molecule has 120 valence electrons. The Morgan fingerprint density at radius 2 is 2.17 bits per heavy atom. The van der Waals surface area contributed by atoms with Crippen LogP contribution in [0.2, 0.25) is 0 Å². The summed E-state index contributed by atoms with van der Waals surface area (Å²) in [6.45, 7) is 5.36. The highest BCUT2D eigenvalue weighted by atomic mass is 16.5. The van der Waals surface area contributed by atoms with Crippen molar-refractivity contribution in [2.75, 3.05) is 0 Å². The van der Waals surface area contributed by atoms with Gasteiger partial charge in [0.15, 0.2) is 18.1 Å². The molecule has 0 aliphatic carbocycles. The normalized spacial score (nSPS) is 11.1. The molecule has 0 bridgehead atoms. The molecule has 0 aromatic carbocycles. The zero-order valence-electron chi connectivity index (χ0n) is 12.9. The van der Waals surface area contributed by atoms with Crippen LogP contribution in [0.25, 0.3) is 11.7 Å². The fraction of sp³-hybridized carbons (Fsp3) is 0.333. The summed E-state index contributed by atoms with van der Waals surface area (Å²) in [5.41, 5.74) is 0.825. The van der Waals surface area contributed by atoms with Gasteiger partial charge in [-0.25, -0.2) is 4.79 Å². The van der Waals surface area contributed by atoms with Gasteiger partial charge in [0.05, 0.1) is 12.0 Å². The van der Waals surface area contributed by atoms with Gasteiger partial charge in [-0.05, 0) is 19.1 Å². The average molecular weight is 317 g/mol. The third-order valence-corrected chi connectivity index (χ3v) is 3.14. The Morgan fingerprint density at radius 1 is 1.35 bits per heavy atom. The summed E-state index contributed by atoms with van der Waals surface area (Å²) < 4.78 is 20.9. The largest absolute Gasteiger partial charge is 0.459 e. The fourth-order valence-corrected chi connectivity index (χ4v) is 2.04. The van der Waals surface area contributed by atoms with E-state index in [9.17, 15) is 4.79 Å². The van der Waals surface area contributed by atoms with E-state index in [-0.39, 0.29) is 24.3 Å². The second-order valence-corrected chi connectivity index (χ2v) is 5.22. The number of aryl methyl sites for hydroxylation is 1. The molecule has 0 aliphatic heterocycles. The molecular formula is C15H15N3O5. The Bertz CT molecular complexity index is 801. The Balaban J connectivity index is 1.69. The number of carbonyl (C=O) groups excluding carboxylic acids is 1.